The van der Waals surface area contributed by atoms with Gasteiger partial charge in [-0.15, -0.1) is 21.5 Å². The Hall–Kier alpha value is -0.870. The molecule has 1 aliphatic rings. The summed E-state index contributed by atoms with van der Waals surface area (Å²) in [5, 5.41) is 8.78. The highest BCUT2D eigenvalue weighted by molar-refractivity contribution is 7.11. The molecule has 1 saturated carbocycles. The van der Waals surface area contributed by atoms with Crippen LogP contribution >= 0.6 is 22.9 Å². The van der Waals surface area contributed by atoms with Gasteiger partial charge in [-0.05, 0) is 50.4 Å². The summed E-state index contributed by atoms with van der Waals surface area (Å²) in [6.45, 7) is 4.33. The van der Waals surface area contributed by atoms with Gasteiger partial charge >= 0.3 is 0 Å². The van der Waals surface area contributed by atoms with Crippen molar-refractivity contribution in [1.82, 2.24) is 14.8 Å². The summed E-state index contributed by atoms with van der Waals surface area (Å²) < 4.78 is 2.11. The Morgan fingerprint density at radius 3 is 2.83 bits per heavy atom. The van der Waals surface area contributed by atoms with Crippen LogP contribution in [0.1, 0.15) is 47.3 Å². The zero-order valence-electron chi connectivity index (χ0n) is 10.6. The van der Waals surface area contributed by atoms with E-state index < -0.39 is 0 Å². The molecule has 0 amide bonds. The van der Waals surface area contributed by atoms with Crippen molar-refractivity contribution in [1.29, 1.82) is 0 Å². The topological polar surface area (TPSA) is 30.7 Å². The Kier molecular flexibility index (Phi) is 3.16. The fourth-order valence-corrected chi connectivity index (χ4v) is 3.59. The molecule has 3 nitrogen and oxygen atoms in total. The summed E-state index contributed by atoms with van der Waals surface area (Å²) in [7, 11) is 0. The van der Waals surface area contributed by atoms with Gasteiger partial charge in [-0.3, -0.25) is 4.57 Å². The maximum atomic E-state index is 6.18. The van der Waals surface area contributed by atoms with E-state index in [1.165, 1.54) is 22.6 Å². The van der Waals surface area contributed by atoms with Gasteiger partial charge in [0, 0.05) is 28.1 Å². The molecule has 2 heterocycles. The van der Waals surface area contributed by atoms with E-state index in [4.69, 9.17) is 11.6 Å². The van der Waals surface area contributed by atoms with E-state index in [1.54, 1.807) is 0 Å². The normalized spacial score (nSPS) is 17.1. The smallest absolute Gasteiger partial charge is 0.225 e. The number of aryl methyl sites for hydroxylation is 1. The summed E-state index contributed by atoms with van der Waals surface area (Å²) in [5.41, 5.74) is 0. The number of hydrogen-bond acceptors (Lipinski definition) is 3. The first-order valence-corrected chi connectivity index (χ1v) is 7.50. The summed E-state index contributed by atoms with van der Waals surface area (Å²) in [5.74, 6) is 1.65. The lowest BCUT2D eigenvalue weighted by Crippen LogP contribution is -2.11. The fraction of sp³-hybridized carbons (Fsp3) is 0.538. The van der Waals surface area contributed by atoms with Crippen molar-refractivity contribution in [3.8, 4) is 0 Å². The van der Waals surface area contributed by atoms with Gasteiger partial charge in [0.05, 0.1) is 0 Å². The SMILES string of the molecule is Cc1ccc(CC(C)n2c(Cl)nnc2C2CC2)s1. The molecule has 0 aliphatic heterocycles. The van der Waals surface area contributed by atoms with E-state index in [-0.39, 0.29) is 0 Å². The third-order valence-corrected chi connectivity index (χ3v) is 4.64. The molecule has 2 aromatic rings. The second kappa shape index (κ2) is 4.67. The predicted octanol–water partition coefficient (Wildman–Crippen LogP) is 3.98. The molecule has 5 heteroatoms. The Morgan fingerprint density at radius 1 is 1.44 bits per heavy atom. The van der Waals surface area contributed by atoms with Crippen LogP contribution in [-0.4, -0.2) is 14.8 Å². The van der Waals surface area contributed by atoms with Crippen molar-refractivity contribution in [2.45, 2.75) is 45.1 Å². The van der Waals surface area contributed by atoms with E-state index in [0.29, 0.717) is 17.2 Å². The maximum Gasteiger partial charge on any atom is 0.225 e. The Balaban J connectivity index is 1.83. The van der Waals surface area contributed by atoms with Crippen molar-refractivity contribution in [3.05, 3.63) is 33.0 Å². The van der Waals surface area contributed by atoms with Gasteiger partial charge in [0.25, 0.3) is 0 Å². The standard InChI is InChI=1S/C13H16ClN3S/c1-8(7-11-6-3-9(2)18-11)17-12(10-4-5-10)15-16-13(17)14/h3,6,8,10H,4-5,7H2,1-2H3. The van der Waals surface area contributed by atoms with Crippen LogP contribution in [0.3, 0.4) is 0 Å². The second-order valence-electron chi connectivity index (χ2n) is 5.04. The molecular formula is C13H16ClN3S. The van der Waals surface area contributed by atoms with Crippen LogP contribution in [0.4, 0.5) is 0 Å². The highest BCUT2D eigenvalue weighted by Crippen LogP contribution is 2.41. The number of aromatic nitrogens is 3. The first-order valence-electron chi connectivity index (χ1n) is 6.30. The van der Waals surface area contributed by atoms with Gasteiger partial charge in [0.15, 0.2) is 0 Å². The third-order valence-electron chi connectivity index (χ3n) is 3.36. The third kappa shape index (κ3) is 2.31. The van der Waals surface area contributed by atoms with Crippen LogP contribution in [0.25, 0.3) is 0 Å². The number of hydrogen-bond donors (Lipinski definition) is 0. The largest absolute Gasteiger partial charge is 0.298 e. The molecule has 0 N–H and O–H groups in total. The van der Waals surface area contributed by atoms with E-state index in [2.05, 4.69) is 40.7 Å². The second-order valence-corrected chi connectivity index (χ2v) is 6.75. The van der Waals surface area contributed by atoms with Gasteiger partial charge in [-0.1, -0.05) is 0 Å². The molecule has 1 aliphatic carbocycles. The first-order chi connectivity index (χ1) is 8.65. The summed E-state index contributed by atoms with van der Waals surface area (Å²) in [4.78, 5) is 2.75. The summed E-state index contributed by atoms with van der Waals surface area (Å²) in [6.07, 6.45) is 3.44. The molecule has 18 heavy (non-hydrogen) atoms. The molecule has 2 aromatic heterocycles. The van der Waals surface area contributed by atoms with E-state index in [1.807, 2.05) is 11.3 Å². The van der Waals surface area contributed by atoms with Crippen LogP contribution in [0.5, 0.6) is 0 Å². The number of halogens is 1. The van der Waals surface area contributed by atoms with Crippen molar-refractivity contribution < 1.29 is 0 Å². The molecule has 3 rings (SSSR count). The van der Waals surface area contributed by atoms with Crippen molar-refractivity contribution in [3.63, 3.8) is 0 Å². The number of rotatable bonds is 4. The van der Waals surface area contributed by atoms with Crippen LogP contribution in [-0.2, 0) is 6.42 Å². The molecule has 0 spiro atoms. The molecule has 1 fully saturated rings. The molecule has 0 saturated heterocycles. The van der Waals surface area contributed by atoms with Crippen LogP contribution in [0.15, 0.2) is 12.1 Å². The van der Waals surface area contributed by atoms with Crippen LogP contribution < -0.4 is 0 Å². The molecule has 0 bridgehead atoms. The lowest BCUT2D eigenvalue weighted by atomic mass is 10.2. The maximum absolute atomic E-state index is 6.18. The van der Waals surface area contributed by atoms with Gasteiger partial charge < -0.3 is 0 Å². The van der Waals surface area contributed by atoms with E-state index >= 15 is 0 Å². The molecule has 1 atom stereocenters. The van der Waals surface area contributed by atoms with Gasteiger partial charge in [-0.25, -0.2) is 0 Å². The molecular weight excluding hydrogens is 266 g/mol. The van der Waals surface area contributed by atoms with Gasteiger partial charge in [0.2, 0.25) is 5.28 Å². The lowest BCUT2D eigenvalue weighted by molar-refractivity contribution is 0.524. The lowest BCUT2D eigenvalue weighted by Gasteiger charge is -2.15. The van der Waals surface area contributed by atoms with Crippen LogP contribution in [0.2, 0.25) is 5.28 Å². The molecule has 0 aromatic carbocycles. The minimum atomic E-state index is 0.321. The van der Waals surface area contributed by atoms with E-state index in [0.717, 1.165) is 12.2 Å². The molecule has 1 unspecified atom stereocenters. The average Bonchev–Trinajstić information content (AvgIpc) is 2.98. The number of nitrogens with zero attached hydrogens (tertiary/aromatic N) is 3. The van der Waals surface area contributed by atoms with Gasteiger partial charge in [0.1, 0.15) is 5.82 Å². The monoisotopic (exact) mass is 281 g/mol. The highest BCUT2D eigenvalue weighted by Gasteiger charge is 2.31. The van der Waals surface area contributed by atoms with Gasteiger partial charge in [-0.2, -0.15) is 0 Å². The minimum absolute atomic E-state index is 0.321. The first kappa shape index (κ1) is 12.2. The Bertz CT molecular complexity index is 556. The average molecular weight is 282 g/mol. The van der Waals surface area contributed by atoms with Crippen molar-refractivity contribution in [2.24, 2.45) is 0 Å². The van der Waals surface area contributed by atoms with Crippen molar-refractivity contribution in [2.75, 3.05) is 0 Å². The summed E-state index contributed by atoms with van der Waals surface area (Å²) in [6, 6.07) is 4.69. The quantitative estimate of drug-likeness (QED) is 0.849. The predicted molar refractivity (Wildman–Crippen MR) is 74.5 cm³/mol. The van der Waals surface area contributed by atoms with Crippen LogP contribution in [0, 0.1) is 6.92 Å². The Morgan fingerprint density at radius 2 is 2.22 bits per heavy atom. The fourth-order valence-electron chi connectivity index (χ4n) is 2.29. The number of thiophene rings is 1. The summed E-state index contributed by atoms with van der Waals surface area (Å²) >= 11 is 8.03. The molecule has 0 radical (unpaired) electrons. The van der Waals surface area contributed by atoms with Crippen molar-refractivity contribution >= 4 is 22.9 Å². The highest BCUT2D eigenvalue weighted by atomic mass is 35.5. The molecule has 96 valence electrons. The van der Waals surface area contributed by atoms with E-state index in [9.17, 15) is 0 Å². The zero-order valence-corrected chi connectivity index (χ0v) is 12.1. The minimum Gasteiger partial charge on any atom is -0.298 e. The Labute approximate surface area is 116 Å². The zero-order chi connectivity index (χ0) is 12.7.